The van der Waals surface area contributed by atoms with Crippen molar-refractivity contribution in [3.8, 4) is 0 Å². The molecule has 2 heterocycles. The number of hydrogen-bond donors (Lipinski definition) is 0. The zero-order valence-corrected chi connectivity index (χ0v) is 10.6. The van der Waals surface area contributed by atoms with Gasteiger partial charge in [0.1, 0.15) is 12.2 Å². The third kappa shape index (κ3) is 1.52. The Morgan fingerprint density at radius 1 is 1.65 bits per heavy atom. The fourth-order valence-electron chi connectivity index (χ4n) is 2.41. The van der Waals surface area contributed by atoms with Crippen molar-refractivity contribution in [3.05, 3.63) is 0 Å². The second-order valence-corrected chi connectivity index (χ2v) is 5.52. The molecule has 3 rings (SSSR count). The number of methoxy groups -OCH3 is 1. The number of ketones is 1. The molecule has 0 amide bonds. The van der Waals surface area contributed by atoms with Crippen molar-refractivity contribution in [2.45, 2.75) is 35.5 Å². The first-order valence-corrected chi connectivity index (χ1v) is 6.15. The van der Waals surface area contributed by atoms with Gasteiger partial charge in [0.25, 0.3) is 0 Å². The summed E-state index contributed by atoms with van der Waals surface area (Å²) in [5, 5.41) is 3.75. The molecule has 0 radical (unpaired) electrons. The number of fused-ring (bicyclic) bond motifs is 2. The molecule has 6 nitrogen and oxygen atoms in total. The molecule has 7 heteroatoms. The van der Waals surface area contributed by atoms with Gasteiger partial charge >= 0.3 is 5.97 Å². The van der Waals surface area contributed by atoms with E-state index >= 15 is 0 Å². The number of carbonyl (C=O) groups excluding carboxylic acids is 2. The summed E-state index contributed by atoms with van der Waals surface area (Å²) in [6.45, 7) is 0. The third-order valence-electron chi connectivity index (χ3n) is 3.35. The number of rotatable bonds is 1. The minimum Gasteiger partial charge on any atom is -0.464 e. The zero-order chi connectivity index (χ0) is 12.2. The highest BCUT2D eigenvalue weighted by molar-refractivity contribution is 9.10. The van der Waals surface area contributed by atoms with E-state index in [1.165, 1.54) is 7.11 Å². The Bertz CT molecular complexity index is 432. The molecule has 0 aromatic carbocycles. The molecule has 0 aromatic heterocycles. The van der Waals surface area contributed by atoms with Gasteiger partial charge in [-0.1, -0.05) is 21.1 Å². The summed E-state index contributed by atoms with van der Waals surface area (Å²) in [5.41, 5.74) is -0.438. The van der Waals surface area contributed by atoms with Gasteiger partial charge in [0.05, 0.1) is 11.9 Å². The minimum atomic E-state index is -0.684. The second kappa shape index (κ2) is 3.52. The average Bonchev–Trinajstić information content (AvgIpc) is 3.03. The first kappa shape index (κ1) is 11.2. The number of alkyl halides is 1. The van der Waals surface area contributed by atoms with Crippen LogP contribution in [0, 0.1) is 0 Å². The second-order valence-electron chi connectivity index (χ2n) is 4.41. The van der Waals surface area contributed by atoms with E-state index in [2.05, 4.69) is 25.8 Å². The Morgan fingerprint density at radius 3 is 3.12 bits per heavy atom. The highest BCUT2D eigenvalue weighted by Gasteiger charge is 2.67. The van der Waals surface area contributed by atoms with Crippen LogP contribution < -0.4 is 0 Å². The first-order chi connectivity index (χ1) is 8.07. The summed E-state index contributed by atoms with van der Waals surface area (Å²) in [6.07, 6.45) is 0.0859. The Labute approximate surface area is 105 Å². The number of epoxide rings is 1. The van der Waals surface area contributed by atoms with Crippen LogP contribution in [0.25, 0.3) is 0 Å². The van der Waals surface area contributed by atoms with Gasteiger partial charge < -0.3 is 14.3 Å². The summed E-state index contributed by atoms with van der Waals surface area (Å²) in [4.78, 5) is 28.0. The van der Waals surface area contributed by atoms with E-state index in [0.717, 1.165) is 0 Å². The number of oxime groups is 1. The maximum Gasteiger partial charge on any atom is 0.355 e. The van der Waals surface area contributed by atoms with Crippen molar-refractivity contribution in [3.63, 3.8) is 0 Å². The zero-order valence-electron chi connectivity index (χ0n) is 9.01. The molecule has 4 atom stereocenters. The van der Waals surface area contributed by atoms with Crippen LogP contribution in [0.2, 0.25) is 0 Å². The summed E-state index contributed by atoms with van der Waals surface area (Å²) >= 11 is 3.30. The lowest BCUT2D eigenvalue weighted by Gasteiger charge is -2.29. The number of ether oxygens (including phenoxy) is 2. The van der Waals surface area contributed by atoms with Gasteiger partial charge in [-0.3, -0.25) is 4.79 Å². The van der Waals surface area contributed by atoms with E-state index < -0.39 is 17.7 Å². The predicted octanol–water partition coefficient (Wildman–Crippen LogP) is 0.178. The maximum absolute atomic E-state index is 11.6. The molecule has 3 aliphatic rings. The molecule has 1 saturated carbocycles. The Balaban J connectivity index is 1.79. The molecule has 2 aliphatic heterocycles. The van der Waals surface area contributed by atoms with Gasteiger partial charge in [-0.15, -0.1) is 0 Å². The lowest BCUT2D eigenvalue weighted by atomic mass is 9.81. The molecule has 1 unspecified atom stereocenters. The average molecular weight is 304 g/mol. The van der Waals surface area contributed by atoms with Crippen LogP contribution in [-0.4, -0.2) is 47.2 Å². The van der Waals surface area contributed by atoms with Crippen LogP contribution in [0.4, 0.5) is 0 Å². The number of Topliss-reactive ketones (excluding diaryl/α,β-unsaturated/α-hetero) is 1. The molecule has 2 fully saturated rings. The Morgan fingerprint density at radius 2 is 2.41 bits per heavy atom. The molecule has 17 heavy (non-hydrogen) atoms. The molecule has 92 valence electrons. The maximum atomic E-state index is 11.6. The third-order valence-corrected chi connectivity index (χ3v) is 4.12. The number of hydrogen-bond acceptors (Lipinski definition) is 6. The normalized spacial score (nSPS) is 42.8. The SMILES string of the molecule is COC(=O)C1=NO[C@@]2(C1)CC(Br)C(=O)[C@@H]1O[C@@H]12. The number of nitrogens with zero attached hydrogens (tertiary/aromatic N) is 1. The van der Waals surface area contributed by atoms with Crippen molar-refractivity contribution in [2.24, 2.45) is 5.16 Å². The molecule has 0 bridgehead atoms. The summed E-state index contributed by atoms with van der Waals surface area (Å²) in [7, 11) is 1.30. The van der Waals surface area contributed by atoms with E-state index in [1.807, 2.05) is 0 Å². The first-order valence-electron chi connectivity index (χ1n) is 5.24. The standard InChI is InChI=1S/C10H10BrNO5/c1-15-9(14)5-3-10(17-12-5)2-4(11)6(13)7-8(10)16-7/h4,7-8H,2-3H2,1H3/t4?,7-,8-,10+/m0/s1. The van der Waals surface area contributed by atoms with Gasteiger partial charge in [-0.05, 0) is 0 Å². The van der Waals surface area contributed by atoms with E-state index in [4.69, 9.17) is 9.57 Å². The van der Waals surface area contributed by atoms with Crippen LogP contribution in [-0.2, 0) is 23.9 Å². The topological polar surface area (TPSA) is 77.5 Å². The largest absolute Gasteiger partial charge is 0.464 e. The molecule has 1 aliphatic carbocycles. The fourth-order valence-corrected chi connectivity index (χ4v) is 3.22. The lowest BCUT2D eigenvalue weighted by molar-refractivity contribution is -0.132. The van der Waals surface area contributed by atoms with Gasteiger partial charge in [-0.25, -0.2) is 4.79 Å². The van der Waals surface area contributed by atoms with Crippen molar-refractivity contribution < 1.29 is 23.9 Å². The van der Waals surface area contributed by atoms with E-state index in [1.54, 1.807) is 0 Å². The highest BCUT2D eigenvalue weighted by Crippen LogP contribution is 2.49. The van der Waals surface area contributed by atoms with E-state index in [-0.39, 0.29) is 22.4 Å². The monoisotopic (exact) mass is 303 g/mol. The lowest BCUT2D eigenvalue weighted by Crippen LogP contribution is -2.47. The molecular weight excluding hydrogens is 294 g/mol. The van der Waals surface area contributed by atoms with Gasteiger partial charge in [-0.2, -0.15) is 0 Å². The Hall–Kier alpha value is -0.950. The molecule has 1 spiro atoms. The predicted molar refractivity (Wildman–Crippen MR) is 58.9 cm³/mol. The van der Waals surface area contributed by atoms with Gasteiger partial charge in [0, 0.05) is 12.8 Å². The van der Waals surface area contributed by atoms with Gasteiger partial charge in [0.2, 0.25) is 0 Å². The summed E-state index contributed by atoms with van der Waals surface area (Å²) < 4.78 is 9.93. The highest BCUT2D eigenvalue weighted by atomic mass is 79.9. The molecular formula is C10H10BrNO5. The van der Waals surface area contributed by atoms with Crippen LogP contribution >= 0.6 is 15.9 Å². The van der Waals surface area contributed by atoms with Crippen LogP contribution in [0.5, 0.6) is 0 Å². The van der Waals surface area contributed by atoms with Crippen molar-refractivity contribution in [1.29, 1.82) is 0 Å². The van der Waals surface area contributed by atoms with Crippen LogP contribution in [0.15, 0.2) is 5.16 Å². The van der Waals surface area contributed by atoms with Crippen molar-refractivity contribution in [2.75, 3.05) is 7.11 Å². The van der Waals surface area contributed by atoms with Crippen molar-refractivity contribution in [1.82, 2.24) is 0 Å². The minimum absolute atomic E-state index is 0.0377. The van der Waals surface area contributed by atoms with Gasteiger partial charge in [0.15, 0.2) is 17.1 Å². The fraction of sp³-hybridized carbons (Fsp3) is 0.700. The Kier molecular flexibility index (Phi) is 2.31. The van der Waals surface area contributed by atoms with Crippen LogP contribution in [0.1, 0.15) is 12.8 Å². The summed E-state index contributed by atoms with van der Waals surface area (Å²) in [5.74, 6) is -0.460. The molecule has 0 aromatic rings. The van der Waals surface area contributed by atoms with Crippen LogP contribution in [0.3, 0.4) is 0 Å². The quantitative estimate of drug-likeness (QED) is 0.392. The summed E-state index contributed by atoms with van der Waals surface area (Å²) in [6, 6.07) is 0. The smallest absolute Gasteiger partial charge is 0.355 e. The number of esters is 1. The molecule has 1 saturated heterocycles. The number of carbonyl (C=O) groups is 2. The number of halogens is 1. The van der Waals surface area contributed by atoms with E-state index in [0.29, 0.717) is 12.8 Å². The van der Waals surface area contributed by atoms with E-state index in [9.17, 15) is 9.59 Å². The van der Waals surface area contributed by atoms with Crippen molar-refractivity contribution >= 4 is 33.4 Å². The molecule has 0 N–H and O–H groups in total.